The van der Waals surface area contributed by atoms with Crippen LogP contribution in [0.1, 0.15) is 26.2 Å². The molecule has 0 aliphatic heterocycles. The summed E-state index contributed by atoms with van der Waals surface area (Å²) in [6, 6.07) is 8.56. The van der Waals surface area contributed by atoms with E-state index in [0.29, 0.717) is 6.04 Å². The van der Waals surface area contributed by atoms with Gasteiger partial charge in [0, 0.05) is 33.6 Å². The Hall–Kier alpha value is -0.930. The van der Waals surface area contributed by atoms with Crippen molar-refractivity contribution in [2.24, 2.45) is 0 Å². The van der Waals surface area contributed by atoms with Gasteiger partial charge in [0.15, 0.2) is 0 Å². The van der Waals surface area contributed by atoms with Gasteiger partial charge in [-0.1, -0.05) is 24.9 Å². The number of benzene rings is 1. The maximum atomic E-state index is 6.04. The molecule has 1 aliphatic carbocycles. The number of rotatable bonds is 4. The molecule has 3 rings (SSSR count). The van der Waals surface area contributed by atoms with Crippen LogP contribution in [0.25, 0.3) is 10.9 Å². The van der Waals surface area contributed by atoms with Crippen molar-refractivity contribution in [2.75, 3.05) is 11.1 Å². The van der Waals surface area contributed by atoms with Gasteiger partial charge >= 0.3 is 0 Å². The molecular weight excluding hydrogens is 288 g/mol. The molecule has 1 aromatic carbocycles. The average molecular weight is 307 g/mol. The smallest absolute Gasteiger partial charge is 0.0737 e. The summed E-state index contributed by atoms with van der Waals surface area (Å²) >= 11 is 8.12. The second kappa shape index (κ2) is 6.23. The summed E-state index contributed by atoms with van der Waals surface area (Å²) in [6.45, 7) is 2.24. The molecule has 2 aromatic rings. The summed E-state index contributed by atoms with van der Waals surface area (Å²) in [6.07, 6.45) is 5.77. The van der Waals surface area contributed by atoms with Crippen LogP contribution in [0.15, 0.2) is 30.5 Å². The van der Waals surface area contributed by atoms with E-state index in [9.17, 15) is 0 Å². The number of hydrogen-bond acceptors (Lipinski definition) is 3. The summed E-state index contributed by atoms with van der Waals surface area (Å²) in [5, 5.41) is 6.36. The van der Waals surface area contributed by atoms with Gasteiger partial charge in [-0.15, -0.1) is 0 Å². The van der Waals surface area contributed by atoms with E-state index >= 15 is 0 Å². The van der Waals surface area contributed by atoms with Crippen LogP contribution >= 0.6 is 23.4 Å². The van der Waals surface area contributed by atoms with E-state index in [0.717, 1.165) is 21.2 Å². The lowest BCUT2D eigenvalue weighted by Gasteiger charge is -2.22. The Labute approximate surface area is 129 Å². The minimum Gasteiger partial charge on any atom is -0.381 e. The Morgan fingerprint density at radius 3 is 3.10 bits per heavy atom. The molecule has 1 N–H and O–H groups in total. The van der Waals surface area contributed by atoms with E-state index in [2.05, 4.69) is 41.1 Å². The molecular formula is C16H19ClN2S. The summed E-state index contributed by atoms with van der Waals surface area (Å²) in [4.78, 5) is 4.40. The SMILES string of the molecule is CCSC1CCCC1Nc1ccnc2cc(Cl)ccc12. The molecule has 2 unspecified atom stereocenters. The average Bonchev–Trinajstić information content (AvgIpc) is 2.86. The Morgan fingerprint density at radius 2 is 2.25 bits per heavy atom. The summed E-state index contributed by atoms with van der Waals surface area (Å²) in [5.41, 5.74) is 2.14. The van der Waals surface area contributed by atoms with Gasteiger partial charge in [-0.05, 0) is 42.9 Å². The van der Waals surface area contributed by atoms with E-state index in [1.54, 1.807) is 0 Å². The quantitative estimate of drug-likeness (QED) is 0.863. The van der Waals surface area contributed by atoms with Crippen molar-refractivity contribution in [1.82, 2.24) is 4.98 Å². The Bertz CT molecular complexity index is 602. The van der Waals surface area contributed by atoms with Crippen molar-refractivity contribution in [1.29, 1.82) is 0 Å². The monoisotopic (exact) mass is 306 g/mol. The number of nitrogens with zero attached hydrogens (tertiary/aromatic N) is 1. The first kappa shape index (κ1) is 14.0. The van der Waals surface area contributed by atoms with Crippen molar-refractivity contribution < 1.29 is 0 Å². The maximum absolute atomic E-state index is 6.04. The predicted molar refractivity (Wildman–Crippen MR) is 89.9 cm³/mol. The number of thioether (sulfide) groups is 1. The largest absolute Gasteiger partial charge is 0.381 e. The van der Waals surface area contributed by atoms with Gasteiger partial charge in [-0.2, -0.15) is 11.8 Å². The molecule has 2 atom stereocenters. The molecule has 1 heterocycles. The zero-order valence-corrected chi connectivity index (χ0v) is 13.2. The standard InChI is InChI=1S/C16H19ClN2S/c1-2-20-16-5-3-4-14(16)19-13-8-9-18-15-10-11(17)6-7-12(13)15/h6-10,14,16H,2-5H2,1H3,(H,18,19). The minimum absolute atomic E-state index is 0.571. The van der Waals surface area contributed by atoms with Gasteiger partial charge in [0.1, 0.15) is 0 Å². The van der Waals surface area contributed by atoms with Gasteiger partial charge in [0.25, 0.3) is 0 Å². The lowest BCUT2D eigenvalue weighted by Crippen LogP contribution is -2.26. The number of anilines is 1. The van der Waals surface area contributed by atoms with Crippen LogP contribution in [0.2, 0.25) is 5.02 Å². The van der Waals surface area contributed by atoms with Crippen molar-refractivity contribution >= 4 is 40.0 Å². The number of fused-ring (bicyclic) bond motifs is 1. The summed E-state index contributed by atoms with van der Waals surface area (Å²) < 4.78 is 0. The van der Waals surface area contributed by atoms with Crippen molar-refractivity contribution in [3.8, 4) is 0 Å². The van der Waals surface area contributed by atoms with Crippen LogP contribution in [-0.2, 0) is 0 Å². The molecule has 4 heteroatoms. The number of nitrogens with one attached hydrogen (secondary N) is 1. The number of halogens is 1. The van der Waals surface area contributed by atoms with E-state index in [-0.39, 0.29) is 0 Å². The highest BCUT2D eigenvalue weighted by Gasteiger charge is 2.27. The third kappa shape index (κ3) is 2.89. The van der Waals surface area contributed by atoms with Crippen molar-refractivity contribution in [3.63, 3.8) is 0 Å². The van der Waals surface area contributed by atoms with E-state index in [1.165, 1.54) is 30.7 Å². The highest BCUT2D eigenvalue weighted by molar-refractivity contribution is 7.99. The van der Waals surface area contributed by atoms with Crippen molar-refractivity contribution in [2.45, 2.75) is 37.5 Å². The fourth-order valence-corrected chi connectivity index (χ4v) is 4.32. The van der Waals surface area contributed by atoms with Crippen LogP contribution in [0.4, 0.5) is 5.69 Å². The molecule has 0 saturated heterocycles. The summed E-state index contributed by atoms with van der Waals surface area (Å²) in [5.74, 6) is 1.19. The van der Waals surface area contributed by atoms with Crippen LogP contribution in [0.3, 0.4) is 0 Å². The molecule has 1 aliphatic rings. The van der Waals surface area contributed by atoms with E-state index in [4.69, 9.17) is 11.6 Å². The molecule has 20 heavy (non-hydrogen) atoms. The van der Waals surface area contributed by atoms with Crippen LogP contribution in [0, 0.1) is 0 Å². The second-order valence-electron chi connectivity index (χ2n) is 5.20. The molecule has 1 fully saturated rings. The molecule has 0 radical (unpaired) electrons. The summed E-state index contributed by atoms with van der Waals surface area (Å²) in [7, 11) is 0. The first-order chi connectivity index (χ1) is 9.78. The molecule has 1 saturated carbocycles. The predicted octanol–water partition coefficient (Wildman–Crippen LogP) is 4.97. The van der Waals surface area contributed by atoms with Gasteiger partial charge in [-0.3, -0.25) is 4.98 Å². The number of aromatic nitrogens is 1. The highest BCUT2D eigenvalue weighted by atomic mass is 35.5. The van der Waals surface area contributed by atoms with Gasteiger partial charge < -0.3 is 5.32 Å². The lowest BCUT2D eigenvalue weighted by molar-refractivity contribution is 0.769. The third-order valence-electron chi connectivity index (χ3n) is 3.88. The third-order valence-corrected chi connectivity index (χ3v) is 5.44. The molecule has 1 aromatic heterocycles. The molecule has 0 bridgehead atoms. The Balaban J connectivity index is 1.87. The molecule has 0 spiro atoms. The number of hydrogen-bond donors (Lipinski definition) is 1. The first-order valence-electron chi connectivity index (χ1n) is 7.20. The van der Waals surface area contributed by atoms with Crippen LogP contribution < -0.4 is 5.32 Å². The second-order valence-corrected chi connectivity index (χ2v) is 7.15. The molecule has 0 amide bonds. The molecule has 2 nitrogen and oxygen atoms in total. The maximum Gasteiger partial charge on any atom is 0.0737 e. The fraction of sp³-hybridized carbons (Fsp3) is 0.438. The fourth-order valence-electron chi connectivity index (χ4n) is 2.95. The first-order valence-corrected chi connectivity index (χ1v) is 8.63. The van der Waals surface area contributed by atoms with Gasteiger partial charge in [-0.25, -0.2) is 0 Å². The normalized spacial score (nSPS) is 22.3. The highest BCUT2D eigenvalue weighted by Crippen LogP contribution is 2.33. The van der Waals surface area contributed by atoms with Crippen LogP contribution in [0.5, 0.6) is 0 Å². The van der Waals surface area contributed by atoms with Crippen LogP contribution in [-0.4, -0.2) is 22.0 Å². The Kier molecular flexibility index (Phi) is 4.37. The molecule has 106 valence electrons. The topological polar surface area (TPSA) is 24.9 Å². The zero-order chi connectivity index (χ0) is 13.9. The van der Waals surface area contributed by atoms with Crippen molar-refractivity contribution in [3.05, 3.63) is 35.5 Å². The number of pyridine rings is 1. The minimum atomic E-state index is 0.571. The Morgan fingerprint density at radius 1 is 1.35 bits per heavy atom. The zero-order valence-electron chi connectivity index (χ0n) is 11.6. The lowest BCUT2D eigenvalue weighted by atomic mass is 10.1. The van der Waals surface area contributed by atoms with E-state index in [1.807, 2.05) is 18.3 Å². The van der Waals surface area contributed by atoms with Gasteiger partial charge in [0.2, 0.25) is 0 Å². The van der Waals surface area contributed by atoms with Gasteiger partial charge in [0.05, 0.1) is 5.52 Å². The van der Waals surface area contributed by atoms with E-state index < -0.39 is 0 Å².